The van der Waals surface area contributed by atoms with Crippen molar-refractivity contribution >= 4 is 11.9 Å². The second-order valence-corrected chi connectivity index (χ2v) is 8.44. The zero-order valence-corrected chi connectivity index (χ0v) is 20.9. The van der Waals surface area contributed by atoms with E-state index in [1.807, 2.05) is 24.3 Å². The number of unbranched alkanes of at least 4 members (excludes halogenated alkanes) is 2. The van der Waals surface area contributed by atoms with E-state index in [9.17, 15) is 9.59 Å². The number of rotatable bonds is 12. The summed E-state index contributed by atoms with van der Waals surface area (Å²) in [6.45, 7) is 9.44. The maximum Gasteiger partial charge on any atom is 0.341 e. The van der Waals surface area contributed by atoms with Crippen molar-refractivity contribution in [2.24, 2.45) is 0 Å². The highest BCUT2D eigenvalue weighted by molar-refractivity contribution is 5.91. The molecule has 0 spiro atoms. The van der Waals surface area contributed by atoms with Gasteiger partial charge in [-0.3, -0.25) is 0 Å². The van der Waals surface area contributed by atoms with Crippen LogP contribution < -0.4 is 9.47 Å². The van der Waals surface area contributed by atoms with E-state index in [0.717, 1.165) is 34.8 Å². The van der Waals surface area contributed by atoms with Crippen molar-refractivity contribution in [2.45, 2.75) is 32.6 Å². The molecule has 0 saturated carbocycles. The molecular weight excluding hydrogens is 452 g/mol. The van der Waals surface area contributed by atoms with Crippen LogP contribution in [0.5, 0.6) is 11.5 Å². The van der Waals surface area contributed by atoms with E-state index in [1.54, 1.807) is 18.2 Å². The number of esters is 2. The lowest BCUT2D eigenvalue weighted by molar-refractivity contribution is -0.131. The van der Waals surface area contributed by atoms with Gasteiger partial charge >= 0.3 is 11.9 Å². The van der Waals surface area contributed by atoms with Crippen molar-refractivity contribution < 1.29 is 23.8 Å². The standard InChI is InChI=1S/C31H32O5/c1-5-7-8-9-23-10-12-25(13-11-23)29-20-27(36-31(33)22(3)21-34-4)18-19-28(29)24-14-16-26(17-15-24)35-30(32)6-2/h6,10-20H,2-3,5,7-9,21H2,1,4H3. The molecule has 36 heavy (non-hydrogen) atoms. The summed E-state index contributed by atoms with van der Waals surface area (Å²) in [5, 5.41) is 0. The van der Waals surface area contributed by atoms with Crippen LogP contribution in [-0.2, 0) is 20.7 Å². The van der Waals surface area contributed by atoms with Crippen LogP contribution in [0.15, 0.2) is 91.5 Å². The van der Waals surface area contributed by atoms with Crippen LogP contribution in [0.25, 0.3) is 22.3 Å². The maximum absolute atomic E-state index is 12.4. The van der Waals surface area contributed by atoms with E-state index in [4.69, 9.17) is 14.2 Å². The number of aryl methyl sites for hydroxylation is 1. The molecule has 0 aliphatic rings. The van der Waals surface area contributed by atoms with Crippen molar-refractivity contribution in [1.82, 2.24) is 0 Å². The van der Waals surface area contributed by atoms with E-state index < -0.39 is 11.9 Å². The number of hydrogen-bond acceptors (Lipinski definition) is 5. The molecule has 0 radical (unpaired) electrons. The first-order chi connectivity index (χ1) is 17.4. The Labute approximate surface area is 213 Å². The monoisotopic (exact) mass is 484 g/mol. The SMILES string of the molecule is C=CC(=O)Oc1ccc(-c2ccc(OC(=O)C(=C)COC)cc2-c2ccc(CCCCC)cc2)cc1. The van der Waals surface area contributed by atoms with Crippen LogP contribution in [-0.4, -0.2) is 25.7 Å². The minimum absolute atomic E-state index is 0.103. The average Bonchev–Trinajstić information content (AvgIpc) is 2.90. The fourth-order valence-corrected chi connectivity index (χ4v) is 3.78. The second-order valence-electron chi connectivity index (χ2n) is 8.44. The van der Waals surface area contributed by atoms with E-state index >= 15 is 0 Å². The summed E-state index contributed by atoms with van der Waals surface area (Å²) in [6, 6.07) is 21.2. The van der Waals surface area contributed by atoms with Crippen molar-refractivity contribution in [3.63, 3.8) is 0 Å². The molecule has 0 heterocycles. The van der Waals surface area contributed by atoms with Gasteiger partial charge in [0.2, 0.25) is 0 Å². The number of carbonyl (C=O) groups is 2. The largest absolute Gasteiger partial charge is 0.423 e. The Bertz CT molecular complexity index is 1210. The summed E-state index contributed by atoms with van der Waals surface area (Å²) in [4.78, 5) is 23.9. The maximum atomic E-state index is 12.4. The molecule has 0 N–H and O–H groups in total. The van der Waals surface area contributed by atoms with Gasteiger partial charge in [-0.25, -0.2) is 9.59 Å². The van der Waals surface area contributed by atoms with E-state index in [0.29, 0.717) is 11.5 Å². The Balaban J connectivity index is 1.95. The zero-order chi connectivity index (χ0) is 25.9. The third-order valence-electron chi connectivity index (χ3n) is 5.69. The van der Waals surface area contributed by atoms with E-state index in [1.165, 1.54) is 31.9 Å². The highest BCUT2D eigenvalue weighted by Gasteiger charge is 2.14. The molecule has 0 aliphatic carbocycles. The third-order valence-corrected chi connectivity index (χ3v) is 5.69. The average molecular weight is 485 g/mol. The molecule has 0 saturated heterocycles. The fourth-order valence-electron chi connectivity index (χ4n) is 3.78. The Kier molecular flexibility index (Phi) is 9.78. The second kappa shape index (κ2) is 13.2. The van der Waals surface area contributed by atoms with Gasteiger partial charge in [-0.15, -0.1) is 0 Å². The van der Waals surface area contributed by atoms with Crippen LogP contribution in [0.1, 0.15) is 31.7 Å². The molecule has 3 aromatic rings. The summed E-state index contributed by atoms with van der Waals surface area (Å²) in [7, 11) is 1.50. The first kappa shape index (κ1) is 26.6. The van der Waals surface area contributed by atoms with E-state index in [-0.39, 0.29) is 12.2 Å². The molecule has 3 aromatic carbocycles. The highest BCUT2D eigenvalue weighted by atomic mass is 16.5. The lowest BCUT2D eigenvalue weighted by Crippen LogP contribution is -2.14. The van der Waals surface area contributed by atoms with Gasteiger partial charge in [-0.05, 0) is 64.9 Å². The molecule has 0 atom stereocenters. The van der Waals surface area contributed by atoms with Gasteiger partial charge in [0.1, 0.15) is 11.5 Å². The highest BCUT2D eigenvalue weighted by Crippen LogP contribution is 2.36. The lowest BCUT2D eigenvalue weighted by atomic mass is 9.93. The number of ether oxygens (including phenoxy) is 3. The van der Waals surface area contributed by atoms with Crippen LogP contribution >= 0.6 is 0 Å². The van der Waals surface area contributed by atoms with Gasteiger partial charge in [-0.1, -0.05) is 75.4 Å². The van der Waals surface area contributed by atoms with Gasteiger partial charge in [0, 0.05) is 13.2 Å². The summed E-state index contributed by atoms with van der Waals surface area (Å²) < 4.78 is 15.7. The van der Waals surface area contributed by atoms with Crippen molar-refractivity contribution in [2.75, 3.05) is 13.7 Å². The van der Waals surface area contributed by atoms with Gasteiger partial charge in [0.25, 0.3) is 0 Å². The molecule has 0 aromatic heterocycles. The van der Waals surface area contributed by atoms with Gasteiger partial charge in [0.15, 0.2) is 0 Å². The molecule has 0 aliphatic heterocycles. The molecule has 0 amide bonds. The zero-order valence-electron chi connectivity index (χ0n) is 20.9. The molecule has 3 rings (SSSR count). The van der Waals surface area contributed by atoms with Crippen LogP contribution in [0.4, 0.5) is 0 Å². The van der Waals surface area contributed by atoms with Crippen molar-refractivity contribution in [3.8, 4) is 33.8 Å². The van der Waals surface area contributed by atoms with Gasteiger partial charge in [0.05, 0.1) is 12.2 Å². The minimum Gasteiger partial charge on any atom is -0.423 e. The van der Waals surface area contributed by atoms with Gasteiger partial charge in [-0.2, -0.15) is 0 Å². The van der Waals surface area contributed by atoms with Gasteiger partial charge < -0.3 is 14.2 Å². The summed E-state index contributed by atoms with van der Waals surface area (Å²) in [5.74, 6) is -0.192. The Hall–Kier alpha value is -3.96. The first-order valence-electron chi connectivity index (χ1n) is 12.0. The van der Waals surface area contributed by atoms with Crippen LogP contribution in [0.3, 0.4) is 0 Å². The quantitative estimate of drug-likeness (QED) is 0.120. The summed E-state index contributed by atoms with van der Waals surface area (Å²) >= 11 is 0. The fraction of sp³-hybridized carbons (Fsp3) is 0.226. The first-order valence-corrected chi connectivity index (χ1v) is 12.0. The predicted molar refractivity (Wildman–Crippen MR) is 143 cm³/mol. The Morgan fingerprint density at radius 3 is 2.11 bits per heavy atom. The molecule has 0 unspecified atom stereocenters. The Morgan fingerprint density at radius 2 is 1.47 bits per heavy atom. The summed E-state index contributed by atoms with van der Waals surface area (Å²) in [5.41, 5.74) is 5.32. The Morgan fingerprint density at radius 1 is 0.833 bits per heavy atom. The third kappa shape index (κ3) is 7.27. The van der Waals surface area contributed by atoms with Crippen LogP contribution in [0, 0.1) is 0 Å². The smallest absolute Gasteiger partial charge is 0.341 e. The molecule has 0 fully saturated rings. The molecular formula is C31H32O5. The summed E-state index contributed by atoms with van der Waals surface area (Å²) in [6.07, 6.45) is 5.74. The van der Waals surface area contributed by atoms with Crippen LogP contribution in [0.2, 0.25) is 0 Å². The van der Waals surface area contributed by atoms with Crippen molar-refractivity contribution in [3.05, 3.63) is 97.1 Å². The molecule has 186 valence electrons. The molecule has 5 heteroatoms. The number of benzene rings is 3. The topological polar surface area (TPSA) is 61.8 Å². The number of carbonyl (C=O) groups excluding carboxylic acids is 2. The van der Waals surface area contributed by atoms with E-state index in [2.05, 4.69) is 44.3 Å². The minimum atomic E-state index is -0.532. The predicted octanol–water partition coefficient (Wildman–Crippen LogP) is 6.95. The lowest BCUT2D eigenvalue weighted by Gasteiger charge is -2.14. The number of methoxy groups -OCH3 is 1. The normalized spacial score (nSPS) is 10.5. The molecule has 0 bridgehead atoms. The number of hydrogen-bond donors (Lipinski definition) is 0. The molecule has 5 nitrogen and oxygen atoms in total. The van der Waals surface area contributed by atoms with Crippen molar-refractivity contribution in [1.29, 1.82) is 0 Å².